The molecule has 2 N–H and O–H groups in total. The second-order valence-corrected chi connectivity index (χ2v) is 6.81. The molecule has 0 saturated heterocycles. The van der Waals surface area contributed by atoms with Gasteiger partial charge in [-0.3, -0.25) is 4.68 Å². The molecule has 0 fully saturated rings. The number of aryl methyl sites for hydroxylation is 2. The maximum Gasteiger partial charge on any atom is 0.405 e. The maximum absolute atomic E-state index is 10.9. The van der Waals surface area contributed by atoms with Crippen LogP contribution in [0, 0.1) is 6.92 Å². The van der Waals surface area contributed by atoms with E-state index in [0.717, 1.165) is 39.0 Å². The number of nitrogens with one attached hydrogen (secondary N) is 1. The number of carboxylic acid groups (broad SMARTS) is 1. The van der Waals surface area contributed by atoms with Gasteiger partial charge < -0.3 is 10.4 Å². The van der Waals surface area contributed by atoms with Gasteiger partial charge in [-0.1, -0.05) is 12.1 Å². The highest BCUT2D eigenvalue weighted by atomic mass is 16.4. The fourth-order valence-corrected chi connectivity index (χ4v) is 3.45. The molecule has 0 bridgehead atoms. The van der Waals surface area contributed by atoms with Crippen LogP contribution in [0.4, 0.5) is 4.79 Å². The van der Waals surface area contributed by atoms with Crippen molar-refractivity contribution in [2.45, 2.75) is 19.9 Å². The van der Waals surface area contributed by atoms with E-state index < -0.39 is 6.09 Å². The highest BCUT2D eigenvalue weighted by Crippen LogP contribution is 2.29. The number of aromatic nitrogens is 5. The summed E-state index contributed by atoms with van der Waals surface area (Å²) < 4.78 is 3.57. The molecule has 1 aromatic carbocycles. The van der Waals surface area contributed by atoms with E-state index in [1.54, 1.807) is 4.68 Å². The smallest absolute Gasteiger partial charge is 0.405 e. The molecule has 142 valence electrons. The third-order valence-corrected chi connectivity index (χ3v) is 4.79. The summed E-state index contributed by atoms with van der Waals surface area (Å²) in [4.78, 5) is 15.4. The standard InChI is InChI=1S/C20H20N6O2/c1-12-6-14(4-5-17(12)13(2)24-20(27)28)19-18-7-15(10-26(18)23-11-21-19)16-8-22-25(3)9-16/h4-11,13,24H,1-3H3,(H,27,28). The maximum atomic E-state index is 10.9. The molecule has 0 aliphatic heterocycles. The van der Waals surface area contributed by atoms with Crippen molar-refractivity contribution >= 4 is 11.6 Å². The van der Waals surface area contributed by atoms with Crippen molar-refractivity contribution in [1.82, 2.24) is 29.7 Å². The SMILES string of the molecule is Cc1cc(-c2ncnn3cc(-c4cnn(C)c4)cc23)ccc1C(C)NC(=O)O. The van der Waals surface area contributed by atoms with Crippen LogP contribution < -0.4 is 5.32 Å². The van der Waals surface area contributed by atoms with Gasteiger partial charge in [-0.2, -0.15) is 10.2 Å². The topological polar surface area (TPSA) is 97.3 Å². The first-order chi connectivity index (χ1) is 13.4. The molecule has 0 spiro atoms. The Balaban J connectivity index is 1.76. The molecule has 1 unspecified atom stereocenters. The molecule has 4 rings (SSSR count). The van der Waals surface area contributed by atoms with Crippen LogP contribution >= 0.6 is 0 Å². The van der Waals surface area contributed by atoms with Crippen LogP contribution in [0.25, 0.3) is 27.9 Å². The predicted octanol–water partition coefficient (Wildman–Crippen LogP) is 3.43. The summed E-state index contributed by atoms with van der Waals surface area (Å²) in [5.74, 6) is 0. The van der Waals surface area contributed by atoms with E-state index in [1.807, 2.05) is 68.3 Å². The fraction of sp³-hybridized carbons (Fsp3) is 0.200. The Morgan fingerprint density at radius 2 is 1.96 bits per heavy atom. The molecule has 0 aliphatic carbocycles. The van der Waals surface area contributed by atoms with Gasteiger partial charge in [0.15, 0.2) is 0 Å². The highest BCUT2D eigenvalue weighted by molar-refractivity contribution is 5.81. The van der Waals surface area contributed by atoms with Crippen molar-refractivity contribution in [3.63, 3.8) is 0 Å². The number of hydrogen-bond donors (Lipinski definition) is 2. The Labute approximate surface area is 161 Å². The van der Waals surface area contributed by atoms with Crippen molar-refractivity contribution in [3.05, 3.63) is 60.3 Å². The summed E-state index contributed by atoms with van der Waals surface area (Å²) in [6, 6.07) is 7.68. The van der Waals surface area contributed by atoms with Crippen LogP contribution in [0.3, 0.4) is 0 Å². The molecule has 3 heterocycles. The van der Waals surface area contributed by atoms with Crippen LogP contribution in [0.5, 0.6) is 0 Å². The number of amides is 1. The summed E-state index contributed by atoms with van der Waals surface area (Å²) in [5, 5.41) is 20.0. The van der Waals surface area contributed by atoms with Crippen LogP contribution in [-0.4, -0.2) is 35.6 Å². The summed E-state index contributed by atoms with van der Waals surface area (Å²) in [5.41, 5.74) is 6.62. The van der Waals surface area contributed by atoms with Crippen molar-refractivity contribution in [2.24, 2.45) is 7.05 Å². The molecule has 8 nitrogen and oxygen atoms in total. The molecular weight excluding hydrogens is 356 g/mol. The first kappa shape index (κ1) is 17.7. The Hall–Kier alpha value is -3.68. The largest absolute Gasteiger partial charge is 0.465 e. The average Bonchev–Trinajstić information content (AvgIpc) is 3.26. The molecular formula is C20H20N6O2. The molecule has 8 heteroatoms. The van der Waals surface area contributed by atoms with Gasteiger partial charge in [0, 0.05) is 36.1 Å². The third-order valence-electron chi connectivity index (χ3n) is 4.79. The van der Waals surface area contributed by atoms with Gasteiger partial charge in [0.2, 0.25) is 0 Å². The van der Waals surface area contributed by atoms with Gasteiger partial charge in [0.05, 0.1) is 23.4 Å². The lowest BCUT2D eigenvalue weighted by Gasteiger charge is -2.15. The second-order valence-electron chi connectivity index (χ2n) is 6.81. The molecule has 1 atom stereocenters. The lowest BCUT2D eigenvalue weighted by molar-refractivity contribution is 0.191. The van der Waals surface area contributed by atoms with Crippen LogP contribution in [0.15, 0.2) is 49.2 Å². The normalized spacial score (nSPS) is 12.2. The van der Waals surface area contributed by atoms with E-state index in [2.05, 4.69) is 20.5 Å². The number of carbonyl (C=O) groups is 1. The zero-order chi connectivity index (χ0) is 19.8. The number of rotatable bonds is 4. The molecule has 0 aliphatic rings. The van der Waals surface area contributed by atoms with E-state index >= 15 is 0 Å². The summed E-state index contributed by atoms with van der Waals surface area (Å²) in [7, 11) is 1.88. The second kappa shape index (κ2) is 6.80. The summed E-state index contributed by atoms with van der Waals surface area (Å²) in [6.45, 7) is 3.79. The van der Waals surface area contributed by atoms with Gasteiger partial charge >= 0.3 is 6.09 Å². The Bertz CT molecular complexity index is 1180. The zero-order valence-corrected chi connectivity index (χ0v) is 15.8. The minimum atomic E-state index is -1.04. The van der Waals surface area contributed by atoms with E-state index in [4.69, 9.17) is 5.11 Å². The number of nitrogens with zero attached hydrogens (tertiary/aromatic N) is 5. The van der Waals surface area contributed by atoms with Gasteiger partial charge in [0.25, 0.3) is 0 Å². The molecule has 3 aromatic heterocycles. The Morgan fingerprint density at radius 1 is 1.14 bits per heavy atom. The number of fused-ring (bicyclic) bond motifs is 1. The van der Waals surface area contributed by atoms with E-state index in [-0.39, 0.29) is 6.04 Å². The minimum absolute atomic E-state index is 0.289. The summed E-state index contributed by atoms with van der Waals surface area (Å²) >= 11 is 0. The summed E-state index contributed by atoms with van der Waals surface area (Å²) in [6.07, 6.45) is 6.23. The molecule has 28 heavy (non-hydrogen) atoms. The lowest BCUT2D eigenvalue weighted by atomic mass is 9.98. The number of hydrogen-bond acceptors (Lipinski definition) is 4. The fourth-order valence-electron chi connectivity index (χ4n) is 3.45. The van der Waals surface area contributed by atoms with Crippen LogP contribution in [-0.2, 0) is 7.05 Å². The van der Waals surface area contributed by atoms with Gasteiger partial charge in [-0.15, -0.1) is 0 Å². The van der Waals surface area contributed by atoms with Crippen molar-refractivity contribution in [1.29, 1.82) is 0 Å². The zero-order valence-electron chi connectivity index (χ0n) is 15.8. The van der Waals surface area contributed by atoms with Gasteiger partial charge in [-0.05, 0) is 37.1 Å². The Morgan fingerprint density at radius 3 is 2.64 bits per heavy atom. The predicted molar refractivity (Wildman–Crippen MR) is 105 cm³/mol. The first-order valence-electron chi connectivity index (χ1n) is 8.85. The monoisotopic (exact) mass is 376 g/mol. The van der Waals surface area contributed by atoms with Crippen molar-refractivity contribution in [2.75, 3.05) is 0 Å². The van der Waals surface area contributed by atoms with E-state index in [1.165, 1.54) is 6.33 Å². The average molecular weight is 376 g/mol. The quantitative estimate of drug-likeness (QED) is 0.569. The van der Waals surface area contributed by atoms with Crippen molar-refractivity contribution in [3.8, 4) is 22.4 Å². The highest BCUT2D eigenvalue weighted by Gasteiger charge is 2.15. The molecule has 0 saturated carbocycles. The molecule has 1 amide bonds. The Kier molecular flexibility index (Phi) is 4.31. The van der Waals surface area contributed by atoms with E-state index in [9.17, 15) is 4.79 Å². The number of benzene rings is 1. The first-order valence-corrected chi connectivity index (χ1v) is 8.85. The molecule has 0 radical (unpaired) electrons. The van der Waals surface area contributed by atoms with E-state index in [0.29, 0.717) is 0 Å². The van der Waals surface area contributed by atoms with Gasteiger partial charge in [0.1, 0.15) is 6.33 Å². The van der Waals surface area contributed by atoms with Crippen molar-refractivity contribution < 1.29 is 9.90 Å². The lowest BCUT2D eigenvalue weighted by Crippen LogP contribution is -2.24. The van der Waals surface area contributed by atoms with Gasteiger partial charge in [-0.25, -0.2) is 14.3 Å². The third kappa shape index (κ3) is 3.20. The van der Waals surface area contributed by atoms with Crippen LogP contribution in [0.1, 0.15) is 24.1 Å². The molecule has 4 aromatic rings. The van der Waals surface area contributed by atoms with Crippen LogP contribution in [0.2, 0.25) is 0 Å². The minimum Gasteiger partial charge on any atom is -0.465 e.